The second kappa shape index (κ2) is 9.09. The largest absolute Gasteiger partial charge is 0.379 e. The number of urea groups is 1. The number of nitrogens with one attached hydrogen (secondary N) is 1. The number of methoxy groups -OCH3 is 1. The van der Waals surface area contributed by atoms with Gasteiger partial charge in [-0.1, -0.05) is 31.1 Å². The van der Waals surface area contributed by atoms with E-state index < -0.39 is 0 Å². The molecule has 1 aliphatic rings. The first-order valence-electron chi connectivity index (χ1n) is 8.36. The number of nitrogens with zero attached hydrogens (tertiary/aromatic N) is 2. The average molecular weight is 327 g/mol. The molecule has 0 radical (unpaired) electrons. The number of amides is 2. The van der Waals surface area contributed by atoms with Crippen molar-refractivity contribution >= 4 is 6.03 Å². The number of hydrogen-bond acceptors (Lipinski definition) is 3. The van der Waals surface area contributed by atoms with Gasteiger partial charge in [-0.05, 0) is 30.5 Å². The van der Waals surface area contributed by atoms with E-state index in [2.05, 4.69) is 18.0 Å². The van der Waals surface area contributed by atoms with E-state index >= 15 is 0 Å². The standard InChI is InChI=1S/C19H25N3O2/c1-3-11-22(14-16-8-6-7-15(12-16)13-20)19(23)21-17-9-4-5-10-18(17)24-2/h3,6-8,12,17-18H,1,4-5,9-11,14H2,2H3,(H,21,23)/t17-,18-/m1/s1. The van der Waals surface area contributed by atoms with Crippen molar-refractivity contribution in [2.75, 3.05) is 13.7 Å². The maximum atomic E-state index is 12.7. The zero-order chi connectivity index (χ0) is 17.4. The summed E-state index contributed by atoms with van der Waals surface area (Å²) < 4.78 is 5.50. The van der Waals surface area contributed by atoms with Crippen LogP contribution in [0.2, 0.25) is 0 Å². The predicted octanol–water partition coefficient (Wildman–Crippen LogP) is 3.21. The third-order valence-electron chi connectivity index (χ3n) is 4.38. The first-order chi connectivity index (χ1) is 11.7. The molecule has 2 rings (SSSR count). The number of benzene rings is 1. The zero-order valence-electron chi connectivity index (χ0n) is 14.2. The highest BCUT2D eigenvalue weighted by atomic mass is 16.5. The van der Waals surface area contributed by atoms with E-state index in [0.29, 0.717) is 18.7 Å². The number of hydrogen-bond donors (Lipinski definition) is 1. The maximum absolute atomic E-state index is 12.7. The summed E-state index contributed by atoms with van der Waals surface area (Å²) in [5.41, 5.74) is 1.52. The molecular formula is C19H25N3O2. The molecule has 0 bridgehead atoms. The summed E-state index contributed by atoms with van der Waals surface area (Å²) in [6.07, 6.45) is 5.96. The van der Waals surface area contributed by atoms with E-state index in [0.717, 1.165) is 31.2 Å². The average Bonchev–Trinajstić information content (AvgIpc) is 2.62. The molecule has 24 heavy (non-hydrogen) atoms. The van der Waals surface area contributed by atoms with E-state index in [9.17, 15) is 4.79 Å². The molecule has 0 heterocycles. The molecule has 128 valence electrons. The molecule has 1 aliphatic carbocycles. The van der Waals surface area contributed by atoms with Crippen LogP contribution in [0.5, 0.6) is 0 Å². The lowest BCUT2D eigenvalue weighted by molar-refractivity contribution is 0.0431. The molecule has 5 heteroatoms. The van der Waals surface area contributed by atoms with Gasteiger partial charge in [-0.3, -0.25) is 0 Å². The Labute approximate surface area is 143 Å². The van der Waals surface area contributed by atoms with E-state index in [-0.39, 0.29) is 18.2 Å². The molecule has 0 spiro atoms. The molecule has 0 unspecified atom stereocenters. The van der Waals surface area contributed by atoms with Crippen LogP contribution < -0.4 is 5.32 Å². The highest BCUT2D eigenvalue weighted by Gasteiger charge is 2.27. The fraction of sp³-hybridized carbons (Fsp3) is 0.474. The molecule has 1 N–H and O–H groups in total. The normalized spacial score (nSPS) is 20.0. The van der Waals surface area contributed by atoms with Gasteiger partial charge in [-0.25, -0.2) is 4.79 Å². The minimum absolute atomic E-state index is 0.0500. The van der Waals surface area contributed by atoms with Crippen molar-refractivity contribution in [3.63, 3.8) is 0 Å². The van der Waals surface area contributed by atoms with Gasteiger partial charge in [0.05, 0.1) is 23.8 Å². The summed E-state index contributed by atoms with van der Waals surface area (Å²) in [4.78, 5) is 14.4. The predicted molar refractivity (Wildman–Crippen MR) is 93.3 cm³/mol. The second-order valence-corrected chi connectivity index (χ2v) is 6.10. The number of ether oxygens (including phenoxy) is 1. The Kier molecular flexibility index (Phi) is 6.83. The van der Waals surface area contributed by atoms with Crippen LogP contribution >= 0.6 is 0 Å². The molecule has 0 aliphatic heterocycles. The second-order valence-electron chi connectivity index (χ2n) is 6.10. The van der Waals surface area contributed by atoms with Crippen molar-refractivity contribution in [1.29, 1.82) is 5.26 Å². The van der Waals surface area contributed by atoms with Crippen LogP contribution in [0.25, 0.3) is 0 Å². The topological polar surface area (TPSA) is 65.4 Å². The number of rotatable bonds is 6. The molecule has 1 aromatic rings. The molecule has 2 amide bonds. The first kappa shape index (κ1) is 18.0. The molecule has 5 nitrogen and oxygen atoms in total. The number of carbonyl (C=O) groups is 1. The smallest absolute Gasteiger partial charge is 0.318 e. The van der Waals surface area contributed by atoms with Gasteiger partial charge >= 0.3 is 6.03 Å². The fourth-order valence-electron chi connectivity index (χ4n) is 3.13. The van der Waals surface area contributed by atoms with Crippen LogP contribution in [0.4, 0.5) is 4.79 Å². The monoisotopic (exact) mass is 327 g/mol. The Hall–Kier alpha value is -2.32. The lowest BCUT2D eigenvalue weighted by atomic mass is 9.92. The van der Waals surface area contributed by atoms with Crippen LogP contribution in [0.3, 0.4) is 0 Å². The Bertz CT molecular complexity index is 609. The molecule has 2 atom stereocenters. The Balaban J connectivity index is 2.04. The zero-order valence-corrected chi connectivity index (χ0v) is 14.2. The van der Waals surface area contributed by atoms with E-state index in [1.165, 1.54) is 0 Å². The SMILES string of the molecule is C=CCN(Cc1cccc(C#N)c1)C(=O)N[C@@H]1CCCC[C@H]1OC. The van der Waals surface area contributed by atoms with Crippen LogP contribution in [0.1, 0.15) is 36.8 Å². The highest BCUT2D eigenvalue weighted by molar-refractivity contribution is 5.74. The van der Waals surface area contributed by atoms with Gasteiger partial charge < -0.3 is 15.0 Å². The third kappa shape index (κ3) is 4.84. The van der Waals surface area contributed by atoms with Crippen molar-refractivity contribution in [3.8, 4) is 6.07 Å². The van der Waals surface area contributed by atoms with Crippen molar-refractivity contribution in [3.05, 3.63) is 48.0 Å². The molecular weight excluding hydrogens is 302 g/mol. The van der Waals surface area contributed by atoms with Crippen LogP contribution in [-0.2, 0) is 11.3 Å². The van der Waals surface area contributed by atoms with Gasteiger partial charge in [-0.15, -0.1) is 6.58 Å². The van der Waals surface area contributed by atoms with Gasteiger partial charge in [-0.2, -0.15) is 5.26 Å². The third-order valence-corrected chi connectivity index (χ3v) is 4.38. The Morgan fingerprint density at radius 2 is 2.29 bits per heavy atom. The minimum atomic E-state index is -0.119. The summed E-state index contributed by atoms with van der Waals surface area (Å²) in [6.45, 7) is 4.63. The van der Waals surface area contributed by atoms with E-state index in [1.54, 1.807) is 24.2 Å². The van der Waals surface area contributed by atoms with Gasteiger partial charge in [0.25, 0.3) is 0 Å². The van der Waals surface area contributed by atoms with Gasteiger partial charge in [0.1, 0.15) is 0 Å². The quantitative estimate of drug-likeness (QED) is 0.816. The summed E-state index contributed by atoms with van der Waals surface area (Å²) in [6, 6.07) is 9.37. The molecule has 1 aromatic carbocycles. The fourth-order valence-corrected chi connectivity index (χ4v) is 3.13. The summed E-state index contributed by atoms with van der Waals surface area (Å²) >= 11 is 0. The minimum Gasteiger partial charge on any atom is -0.379 e. The van der Waals surface area contributed by atoms with Crippen molar-refractivity contribution in [2.45, 2.75) is 44.4 Å². The maximum Gasteiger partial charge on any atom is 0.318 e. The molecule has 0 saturated heterocycles. The van der Waals surface area contributed by atoms with Crippen molar-refractivity contribution in [2.24, 2.45) is 0 Å². The number of carbonyl (C=O) groups excluding carboxylic acids is 1. The van der Waals surface area contributed by atoms with Gasteiger partial charge in [0.2, 0.25) is 0 Å². The number of nitriles is 1. The summed E-state index contributed by atoms with van der Waals surface area (Å²) in [5, 5.41) is 12.1. The van der Waals surface area contributed by atoms with Gasteiger partial charge in [0, 0.05) is 20.2 Å². The molecule has 1 saturated carbocycles. The van der Waals surface area contributed by atoms with Crippen LogP contribution in [-0.4, -0.2) is 36.7 Å². The highest BCUT2D eigenvalue weighted by Crippen LogP contribution is 2.21. The summed E-state index contributed by atoms with van der Waals surface area (Å²) in [7, 11) is 1.70. The summed E-state index contributed by atoms with van der Waals surface area (Å²) in [5.74, 6) is 0. The van der Waals surface area contributed by atoms with Crippen molar-refractivity contribution < 1.29 is 9.53 Å². The van der Waals surface area contributed by atoms with Crippen LogP contribution in [0.15, 0.2) is 36.9 Å². The van der Waals surface area contributed by atoms with Crippen molar-refractivity contribution in [1.82, 2.24) is 10.2 Å². The Morgan fingerprint density at radius 3 is 3.00 bits per heavy atom. The lowest BCUT2D eigenvalue weighted by Gasteiger charge is -2.33. The van der Waals surface area contributed by atoms with E-state index in [1.807, 2.05) is 18.2 Å². The van der Waals surface area contributed by atoms with Gasteiger partial charge in [0.15, 0.2) is 0 Å². The molecule has 0 aromatic heterocycles. The Morgan fingerprint density at radius 1 is 1.50 bits per heavy atom. The lowest BCUT2D eigenvalue weighted by Crippen LogP contribution is -2.50. The van der Waals surface area contributed by atoms with Crippen LogP contribution in [0, 0.1) is 11.3 Å². The molecule has 1 fully saturated rings. The first-order valence-corrected chi connectivity index (χ1v) is 8.36. The van der Waals surface area contributed by atoms with E-state index in [4.69, 9.17) is 10.00 Å².